The summed E-state index contributed by atoms with van der Waals surface area (Å²) in [5, 5.41) is 3.70. The molecule has 1 atom stereocenters. The monoisotopic (exact) mass is 425 g/mol. The molecule has 5 nitrogen and oxygen atoms in total. The van der Waals surface area contributed by atoms with Crippen molar-refractivity contribution < 1.29 is 26.9 Å². The van der Waals surface area contributed by atoms with Crippen LogP contribution in [0.15, 0.2) is 47.0 Å². The molecule has 0 aliphatic carbocycles. The van der Waals surface area contributed by atoms with Crippen LogP contribution in [0.2, 0.25) is 5.02 Å². The summed E-state index contributed by atoms with van der Waals surface area (Å²) in [6.07, 6.45) is -4.12. The number of aromatic nitrogens is 2. The van der Waals surface area contributed by atoms with E-state index in [1.807, 2.05) is 0 Å². The van der Waals surface area contributed by atoms with Crippen LogP contribution in [-0.2, 0) is 11.0 Å². The minimum Gasteiger partial charge on any atom is -0.329 e. The predicted molar refractivity (Wildman–Crippen MR) is 95.6 cm³/mol. The van der Waals surface area contributed by atoms with E-state index in [1.165, 1.54) is 17.0 Å². The Morgan fingerprint density at radius 1 is 1.17 bits per heavy atom. The lowest BCUT2D eigenvalue weighted by Crippen LogP contribution is -2.28. The summed E-state index contributed by atoms with van der Waals surface area (Å²) in [4.78, 5) is 17.0. The summed E-state index contributed by atoms with van der Waals surface area (Å²) in [6.45, 7) is 0. The third-order valence-electron chi connectivity index (χ3n) is 4.61. The van der Waals surface area contributed by atoms with Crippen LogP contribution in [0.5, 0.6) is 0 Å². The Hall–Kier alpha value is -2.94. The summed E-state index contributed by atoms with van der Waals surface area (Å²) < 4.78 is 56.9. The standard InChI is InChI=1S/C19H12ClF4N3O2/c20-12-4-2-1-3-11(12)14-7-8-16(28)27(14)15-6-5-10(9-13(15)21)17-25-18(29-26-17)19(22,23)24/h1-6,9,14H,7-8H2. The van der Waals surface area contributed by atoms with Crippen molar-refractivity contribution in [3.8, 4) is 11.4 Å². The second kappa shape index (κ2) is 7.14. The van der Waals surface area contributed by atoms with Crippen LogP contribution in [-0.4, -0.2) is 16.0 Å². The molecule has 3 aromatic rings. The first-order chi connectivity index (χ1) is 13.8. The molecule has 0 spiro atoms. The highest BCUT2D eigenvalue weighted by Crippen LogP contribution is 2.41. The zero-order valence-electron chi connectivity index (χ0n) is 14.6. The molecule has 1 unspecified atom stereocenters. The summed E-state index contributed by atoms with van der Waals surface area (Å²) in [6, 6.07) is 10.1. The number of benzene rings is 2. The second-order valence-electron chi connectivity index (χ2n) is 6.43. The molecule has 4 rings (SSSR count). The van der Waals surface area contributed by atoms with Gasteiger partial charge in [-0.2, -0.15) is 18.2 Å². The third kappa shape index (κ3) is 3.57. The maximum absolute atomic E-state index is 14.9. The Morgan fingerprint density at radius 3 is 2.59 bits per heavy atom. The SMILES string of the molecule is O=C1CCC(c2ccccc2Cl)N1c1ccc(-c2noc(C(F)(F)F)n2)cc1F. The molecular weight excluding hydrogens is 414 g/mol. The molecule has 29 heavy (non-hydrogen) atoms. The van der Waals surface area contributed by atoms with Gasteiger partial charge in [0, 0.05) is 17.0 Å². The summed E-state index contributed by atoms with van der Waals surface area (Å²) >= 11 is 6.24. The van der Waals surface area contributed by atoms with Crippen molar-refractivity contribution in [2.45, 2.75) is 25.1 Å². The van der Waals surface area contributed by atoms with Crippen molar-refractivity contribution in [1.29, 1.82) is 0 Å². The molecule has 1 fully saturated rings. The van der Waals surface area contributed by atoms with Gasteiger partial charge in [0.15, 0.2) is 0 Å². The highest BCUT2D eigenvalue weighted by atomic mass is 35.5. The van der Waals surface area contributed by atoms with Crippen molar-refractivity contribution in [2.24, 2.45) is 0 Å². The summed E-state index contributed by atoms with van der Waals surface area (Å²) in [5.74, 6) is -3.00. The zero-order valence-corrected chi connectivity index (χ0v) is 15.3. The van der Waals surface area contributed by atoms with Gasteiger partial charge in [0.1, 0.15) is 5.82 Å². The van der Waals surface area contributed by atoms with Gasteiger partial charge >= 0.3 is 12.1 Å². The molecule has 1 aromatic heterocycles. The molecule has 150 valence electrons. The van der Waals surface area contributed by atoms with Gasteiger partial charge in [0.25, 0.3) is 0 Å². The van der Waals surface area contributed by atoms with E-state index in [1.54, 1.807) is 24.3 Å². The average molecular weight is 426 g/mol. The minimum absolute atomic E-state index is 0.000657. The van der Waals surface area contributed by atoms with E-state index >= 15 is 0 Å². The molecule has 10 heteroatoms. The van der Waals surface area contributed by atoms with E-state index in [0.717, 1.165) is 6.07 Å². The van der Waals surface area contributed by atoms with Crippen LogP contribution in [0.1, 0.15) is 30.3 Å². The van der Waals surface area contributed by atoms with Gasteiger partial charge in [0.05, 0.1) is 11.7 Å². The Bertz CT molecular complexity index is 1080. The Morgan fingerprint density at radius 2 is 1.93 bits per heavy atom. The van der Waals surface area contributed by atoms with Gasteiger partial charge in [-0.3, -0.25) is 4.79 Å². The molecule has 1 saturated heterocycles. The molecule has 1 amide bonds. The predicted octanol–water partition coefficient (Wildman–Crippen LogP) is 5.42. The van der Waals surface area contributed by atoms with E-state index < -0.39 is 29.8 Å². The van der Waals surface area contributed by atoms with Gasteiger partial charge in [-0.1, -0.05) is 35.0 Å². The van der Waals surface area contributed by atoms with Crippen LogP contribution in [0.3, 0.4) is 0 Å². The fourth-order valence-corrected chi connectivity index (χ4v) is 3.58. The summed E-state index contributed by atoms with van der Waals surface area (Å²) in [7, 11) is 0. The van der Waals surface area contributed by atoms with Gasteiger partial charge < -0.3 is 9.42 Å². The number of carbonyl (C=O) groups is 1. The maximum Gasteiger partial charge on any atom is 0.471 e. The van der Waals surface area contributed by atoms with E-state index in [9.17, 15) is 22.4 Å². The van der Waals surface area contributed by atoms with E-state index in [0.29, 0.717) is 17.0 Å². The molecule has 2 aromatic carbocycles. The number of amides is 1. The van der Waals surface area contributed by atoms with Gasteiger partial charge in [-0.15, -0.1) is 0 Å². The second-order valence-corrected chi connectivity index (χ2v) is 6.83. The lowest BCUT2D eigenvalue weighted by Gasteiger charge is -2.26. The fourth-order valence-electron chi connectivity index (χ4n) is 3.32. The topological polar surface area (TPSA) is 59.2 Å². The molecule has 1 aliphatic heterocycles. The van der Waals surface area contributed by atoms with Crippen molar-refractivity contribution >= 4 is 23.2 Å². The number of hydrogen-bond acceptors (Lipinski definition) is 4. The fraction of sp³-hybridized carbons (Fsp3) is 0.211. The van der Waals surface area contributed by atoms with Crippen molar-refractivity contribution in [2.75, 3.05) is 4.90 Å². The lowest BCUT2D eigenvalue weighted by molar-refractivity contribution is -0.159. The summed E-state index contributed by atoms with van der Waals surface area (Å²) in [5.41, 5.74) is 0.684. The van der Waals surface area contributed by atoms with Gasteiger partial charge in [-0.25, -0.2) is 4.39 Å². The Kier molecular flexibility index (Phi) is 4.77. The van der Waals surface area contributed by atoms with Crippen LogP contribution < -0.4 is 4.90 Å². The number of rotatable bonds is 3. The van der Waals surface area contributed by atoms with Crippen LogP contribution in [0.4, 0.5) is 23.2 Å². The molecule has 0 bridgehead atoms. The molecule has 0 N–H and O–H groups in total. The number of halogens is 5. The highest BCUT2D eigenvalue weighted by Gasteiger charge is 2.39. The third-order valence-corrected chi connectivity index (χ3v) is 4.95. The van der Waals surface area contributed by atoms with Crippen molar-refractivity contribution in [1.82, 2.24) is 10.1 Å². The van der Waals surface area contributed by atoms with Crippen molar-refractivity contribution in [3.63, 3.8) is 0 Å². The quantitative estimate of drug-likeness (QED) is 0.526. The Balaban J connectivity index is 1.69. The number of hydrogen-bond donors (Lipinski definition) is 0. The lowest BCUT2D eigenvalue weighted by atomic mass is 10.0. The van der Waals surface area contributed by atoms with Crippen LogP contribution in [0.25, 0.3) is 11.4 Å². The molecule has 2 heterocycles. The minimum atomic E-state index is -4.80. The highest BCUT2D eigenvalue weighted by molar-refractivity contribution is 6.31. The molecule has 0 saturated carbocycles. The zero-order chi connectivity index (χ0) is 20.8. The average Bonchev–Trinajstić information content (AvgIpc) is 3.29. The molecule has 1 aliphatic rings. The number of carbonyl (C=O) groups excluding carboxylic acids is 1. The number of alkyl halides is 3. The molecular formula is C19H12ClF4N3O2. The van der Waals surface area contributed by atoms with E-state index in [4.69, 9.17) is 11.6 Å². The van der Waals surface area contributed by atoms with Gasteiger partial charge in [-0.05, 0) is 36.2 Å². The first-order valence-electron chi connectivity index (χ1n) is 8.53. The Labute approximate surface area is 166 Å². The smallest absolute Gasteiger partial charge is 0.329 e. The first kappa shape index (κ1) is 19.4. The van der Waals surface area contributed by atoms with Gasteiger partial charge in [0.2, 0.25) is 11.7 Å². The first-order valence-corrected chi connectivity index (χ1v) is 8.91. The van der Waals surface area contributed by atoms with E-state index in [-0.39, 0.29) is 23.6 Å². The number of nitrogens with zero attached hydrogens (tertiary/aromatic N) is 3. The van der Waals surface area contributed by atoms with Crippen molar-refractivity contribution in [3.05, 3.63) is 64.8 Å². The largest absolute Gasteiger partial charge is 0.471 e. The number of anilines is 1. The normalized spacial score (nSPS) is 17.2. The molecule has 0 radical (unpaired) electrons. The maximum atomic E-state index is 14.9. The van der Waals surface area contributed by atoms with E-state index in [2.05, 4.69) is 14.7 Å². The van der Waals surface area contributed by atoms with Crippen LogP contribution in [0, 0.1) is 5.82 Å². The van der Waals surface area contributed by atoms with Crippen LogP contribution >= 0.6 is 11.6 Å².